The zero-order valence-corrected chi connectivity index (χ0v) is 13.3. The molecule has 0 saturated carbocycles. The molecule has 0 aliphatic rings. The second-order valence-electron chi connectivity index (χ2n) is 5.13. The summed E-state index contributed by atoms with van der Waals surface area (Å²) in [6.07, 6.45) is 0.477. The SMILES string of the molecule is O=C(NCCc1ccccc1F)c1sccc1-c1ccccc1. The lowest BCUT2D eigenvalue weighted by atomic mass is 10.1. The Balaban J connectivity index is 1.66. The molecule has 23 heavy (non-hydrogen) atoms. The monoisotopic (exact) mass is 325 g/mol. The van der Waals surface area contributed by atoms with Gasteiger partial charge in [-0.15, -0.1) is 11.3 Å². The van der Waals surface area contributed by atoms with Gasteiger partial charge in [0.2, 0.25) is 0 Å². The summed E-state index contributed by atoms with van der Waals surface area (Å²) in [5, 5.41) is 4.79. The van der Waals surface area contributed by atoms with Gasteiger partial charge >= 0.3 is 0 Å². The van der Waals surface area contributed by atoms with Crippen molar-refractivity contribution in [1.82, 2.24) is 5.32 Å². The summed E-state index contributed by atoms with van der Waals surface area (Å²) in [6, 6.07) is 18.4. The van der Waals surface area contributed by atoms with Crippen LogP contribution in [0.15, 0.2) is 66.0 Å². The van der Waals surface area contributed by atoms with Crippen LogP contribution in [0.3, 0.4) is 0 Å². The molecule has 3 rings (SSSR count). The maximum Gasteiger partial charge on any atom is 0.261 e. The molecule has 4 heteroatoms. The number of halogens is 1. The van der Waals surface area contributed by atoms with E-state index in [2.05, 4.69) is 5.32 Å². The van der Waals surface area contributed by atoms with Crippen LogP contribution in [0.1, 0.15) is 15.2 Å². The summed E-state index contributed by atoms with van der Waals surface area (Å²) in [5.74, 6) is -0.349. The number of thiophene rings is 1. The molecule has 2 nitrogen and oxygen atoms in total. The van der Waals surface area contributed by atoms with Crippen LogP contribution in [0.5, 0.6) is 0 Å². The van der Waals surface area contributed by atoms with E-state index in [4.69, 9.17) is 0 Å². The Hall–Kier alpha value is -2.46. The van der Waals surface area contributed by atoms with Gasteiger partial charge in [0.1, 0.15) is 5.82 Å². The van der Waals surface area contributed by atoms with Gasteiger partial charge in [-0.2, -0.15) is 0 Å². The number of carbonyl (C=O) groups excluding carboxylic acids is 1. The average molecular weight is 325 g/mol. The van der Waals surface area contributed by atoms with Gasteiger partial charge in [0.25, 0.3) is 5.91 Å². The third-order valence-corrected chi connectivity index (χ3v) is 4.51. The van der Waals surface area contributed by atoms with Gasteiger partial charge in [-0.05, 0) is 35.1 Å². The second-order valence-corrected chi connectivity index (χ2v) is 6.04. The van der Waals surface area contributed by atoms with Crippen molar-refractivity contribution in [2.24, 2.45) is 0 Å². The van der Waals surface area contributed by atoms with Gasteiger partial charge < -0.3 is 5.32 Å². The van der Waals surface area contributed by atoms with Crippen molar-refractivity contribution in [3.63, 3.8) is 0 Å². The number of amides is 1. The number of benzene rings is 2. The molecule has 1 aromatic heterocycles. The maximum absolute atomic E-state index is 13.6. The second kappa shape index (κ2) is 7.20. The summed E-state index contributed by atoms with van der Waals surface area (Å²) in [6.45, 7) is 0.409. The van der Waals surface area contributed by atoms with E-state index in [9.17, 15) is 9.18 Å². The molecule has 0 aliphatic carbocycles. The highest BCUT2D eigenvalue weighted by molar-refractivity contribution is 7.12. The highest BCUT2D eigenvalue weighted by Gasteiger charge is 2.14. The fourth-order valence-electron chi connectivity index (χ4n) is 2.42. The van der Waals surface area contributed by atoms with Crippen molar-refractivity contribution in [2.45, 2.75) is 6.42 Å². The minimum Gasteiger partial charge on any atom is -0.351 e. The van der Waals surface area contributed by atoms with Gasteiger partial charge in [0.05, 0.1) is 4.88 Å². The number of rotatable bonds is 5. The van der Waals surface area contributed by atoms with Crippen LogP contribution in [0, 0.1) is 5.82 Å². The molecule has 0 spiro atoms. The fraction of sp³-hybridized carbons (Fsp3) is 0.105. The fourth-order valence-corrected chi connectivity index (χ4v) is 3.25. The van der Waals surface area contributed by atoms with Crippen LogP contribution in [0.4, 0.5) is 4.39 Å². The first kappa shape index (κ1) is 15.4. The Labute approximate surface area is 138 Å². The molecule has 0 unspecified atom stereocenters. The minimum absolute atomic E-state index is 0.116. The van der Waals surface area contributed by atoms with Crippen LogP contribution < -0.4 is 5.32 Å². The van der Waals surface area contributed by atoms with Crippen molar-refractivity contribution in [3.05, 3.63) is 82.3 Å². The lowest BCUT2D eigenvalue weighted by Gasteiger charge is -2.07. The lowest BCUT2D eigenvalue weighted by Crippen LogP contribution is -2.25. The zero-order valence-electron chi connectivity index (χ0n) is 12.5. The minimum atomic E-state index is -0.233. The summed E-state index contributed by atoms with van der Waals surface area (Å²) >= 11 is 1.42. The Morgan fingerprint density at radius 2 is 1.74 bits per heavy atom. The number of hydrogen-bond acceptors (Lipinski definition) is 2. The molecule has 116 valence electrons. The molecule has 0 radical (unpaired) electrons. The molecule has 0 saturated heterocycles. The van der Waals surface area contributed by atoms with Gasteiger partial charge in [-0.1, -0.05) is 48.5 Å². The first-order valence-electron chi connectivity index (χ1n) is 7.40. The number of carbonyl (C=O) groups is 1. The topological polar surface area (TPSA) is 29.1 Å². The van der Waals surface area contributed by atoms with E-state index in [0.717, 1.165) is 11.1 Å². The molecule has 2 aromatic carbocycles. The highest BCUT2D eigenvalue weighted by Crippen LogP contribution is 2.28. The van der Waals surface area contributed by atoms with Crippen molar-refractivity contribution in [3.8, 4) is 11.1 Å². The molecular weight excluding hydrogens is 309 g/mol. The predicted octanol–water partition coefficient (Wildman–Crippen LogP) is 4.53. The van der Waals surface area contributed by atoms with E-state index in [1.54, 1.807) is 18.2 Å². The lowest BCUT2D eigenvalue weighted by molar-refractivity contribution is 0.0958. The molecule has 0 fully saturated rings. The molecule has 1 amide bonds. The molecule has 0 bridgehead atoms. The molecule has 1 heterocycles. The van der Waals surface area contributed by atoms with E-state index < -0.39 is 0 Å². The van der Waals surface area contributed by atoms with Gasteiger partial charge in [0.15, 0.2) is 0 Å². The molecule has 0 atom stereocenters. The standard InChI is InChI=1S/C19H16FNOS/c20-17-9-5-4-8-15(17)10-12-21-19(22)18-16(11-13-23-18)14-6-2-1-3-7-14/h1-9,11,13H,10,12H2,(H,21,22). The summed E-state index contributed by atoms with van der Waals surface area (Å²) in [5.41, 5.74) is 2.56. The normalized spacial score (nSPS) is 10.5. The largest absolute Gasteiger partial charge is 0.351 e. The first-order chi connectivity index (χ1) is 11.3. The van der Waals surface area contributed by atoms with Crippen LogP contribution in [-0.4, -0.2) is 12.5 Å². The average Bonchev–Trinajstić information content (AvgIpc) is 3.07. The van der Waals surface area contributed by atoms with Crippen LogP contribution >= 0.6 is 11.3 Å². The highest BCUT2D eigenvalue weighted by atomic mass is 32.1. The third-order valence-electron chi connectivity index (χ3n) is 3.59. The first-order valence-corrected chi connectivity index (χ1v) is 8.28. The Morgan fingerprint density at radius 1 is 1.00 bits per heavy atom. The van der Waals surface area contributed by atoms with E-state index in [-0.39, 0.29) is 11.7 Å². The maximum atomic E-state index is 13.6. The Bertz CT molecular complexity index is 798. The van der Waals surface area contributed by atoms with Crippen LogP contribution in [0.25, 0.3) is 11.1 Å². The summed E-state index contributed by atoms with van der Waals surface area (Å²) in [7, 11) is 0. The summed E-state index contributed by atoms with van der Waals surface area (Å²) in [4.78, 5) is 13.1. The Morgan fingerprint density at radius 3 is 2.52 bits per heavy atom. The summed E-state index contributed by atoms with van der Waals surface area (Å²) < 4.78 is 13.6. The van der Waals surface area contributed by atoms with Gasteiger partial charge in [-0.3, -0.25) is 4.79 Å². The van der Waals surface area contributed by atoms with E-state index >= 15 is 0 Å². The number of nitrogens with one attached hydrogen (secondary N) is 1. The molecule has 0 aliphatic heterocycles. The van der Waals surface area contributed by atoms with Crippen molar-refractivity contribution < 1.29 is 9.18 Å². The van der Waals surface area contributed by atoms with Crippen LogP contribution in [0.2, 0.25) is 0 Å². The van der Waals surface area contributed by atoms with E-state index in [1.807, 2.05) is 41.8 Å². The van der Waals surface area contributed by atoms with E-state index in [0.29, 0.717) is 23.4 Å². The Kier molecular flexibility index (Phi) is 4.83. The van der Waals surface area contributed by atoms with Crippen LogP contribution in [-0.2, 0) is 6.42 Å². The van der Waals surface area contributed by atoms with Gasteiger partial charge in [-0.25, -0.2) is 4.39 Å². The van der Waals surface area contributed by atoms with Crippen molar-refractivity contribution in [1.29, 1.82) is 0 Å². The van der Waals surface area contributed by atoms with Crippen molar-refractivity contribution in [2.75, 3.05) is 6.54 Å². The number of hydrogen-bond donors (Lipinski definition) is 1. The van der Waals surface area contributed by atoms with Crippen molar-refractivity contribution >= 4 is 17.2 Å². The quantitative estimate of drug-likeness (QED) is 0.734. The zero-order chi connectivity index (χ0) is 16.1. The van der Waals surface area contributed by atoms with Gasteiger partial charge in [0, 0.05) is 12.1 Å². The third kappa shape index (κ3) is 3.66. The predicted molar refractivity (Wildman–Crippen MR) is 92.2 cm³/mol. The molecular formula is C19H16FNOS. The molecule has 1 N–H and O–H groups in total. The smallest absolute Gasteiger partial charge is 0.261 e. The van der Waals surface area contributed by atoms with E-state index in [1.165, 1.54) is 17.4 Å². The molecule has 3 aromatic rings.